The molecule has 0 spiro atoms. The van der Waals surface area contributed by atoms with Crippen LogP contribution in [0.2, 0.25) is 0 Å². The van der Waals surface area contributed by atoms with Gasteiger partial charge in [0.1, 0.15) is 0 Å². The summed E-state index contributed by atoms with van der Waals surface area (Å²) in [5, 5.41) is 3.10. The van der Waals surface area contributed by atoms with Crippen molar-refractivity contribution in [2.75, 3.05) is 19.6 Å². The molecule has 16 heavy (non-hydrogen) atoms. The van der Waals surface area contributed by atoms with Crippen LogP contribution in [-0.4, -0.2) is 42.4 Å². The first-order valence-corrected chi connectivity index (χ1v) is 5.80. The van der Waals surface area contributed by atoms with Crippen LogP contribution in [0.25, 0.3) is 0 Å². The second-order valence-corrected chi connectivity index (χ2v) is 3.84. The van der Waals surface area contributed by atoms with Gasteiger partial charge in [0, 0.05) is 38.5 Å². The number of primary amides is 1. The lowest BCUT2D eigenvalue weighted by Crippen LogP contribution is -2.37. The van der Waals surface area contributed by atoms with Crippen LogP contribution in [0.4, 0.5) is 0 Å². The molecule has 0 heterocycles. The lowest BCUT2D eigenvalue weighted by atomic mass is 10.2. The second-order valence-electron chi connectivity index (χ2n) is 3.84. The summed E-state index contributed by atoms with van der Waals surface area (Å²) in [6.07, 6.45) is 0.768. The average molecular weight is 229 g/mol. The highest BCUT2D eigenvalue weighted by Crippen LogP contribution is 1.98. The molecule has 0 aliphatic heterocycles. The van der Waals surface area contributed by atoms with Gasteiger partial charge in [-0.25, -0.2) is 0 Å². The van der Waals surface area contributed by atoms with E-state index in [1.807, 2.05) is 20.8 Å². The van der Waals surface area contributed by atoms with Crippen LogP contribution in [0.3, 0.4) is 0 Å². The molecular formula is C11H23N3O2. The van der Waals surface area contributed by atoms with Crippen LogP contribution in [0, 0.1) is 0 Å². The summed E-state index contributed by atoms with van der Waals surface area (Å²) < 4.78 is 0. The van der Waals surface area contributed by atoms with Gasteiger partial charge in [-0.2, -0.15) is 0 Å². The number of carbonyl (C=O) groups is 2. The Labute approximate surface area is 97.4 Å². The maximum atomic E-state index is 11.7. The molecule has 0 aromatic heterocycles. The Bertz CT molecular complexity index is 227. The maximum absolute atomic E-state index is 11.7. The molecule has 0 bridgehead atoms. The average Bonchev–Trinajstić information content (AvgIpc) is 2.18. The summed E-state index contributed by atoms with van der Waals surface area (Å²) in [6.45, 7) is 7.87. The molecule has 0 aliphatic carbocycles. The van der Waals surface area contributed by atoms with Crippen LogP contribution < -0.4 is 11.1 Å². The van der Waals surface area contributed by atoms with Gasteiger partial charge >= 0.3 is 0 Å². The number of nitrogens with zero attached hydrogens (tertiary/aromatic N) is 1. The molecule has 5 heteroatoms. The van der Waals surface area contributed by atoms with E-state index in [1.165, 1.54) is 0 Å². The number of nitrogens with one attached hydrogen (secondary N) is 1. The molecule has 0 aliphatic rings. The Balaban J connectivity index is 3.81. The molecule has 0 saturated carbocycles. The molecule has 0 radical (unpaired) electrons. The molecule has 0 saturated heterocycles. The number of nitrogens with two attached hydrogens (primary N) is 1. The third-order valence-electron chi connectivity index (χ3n) is 2.46. The summed E-state index contributed by atoms with van der Waals surface area (Å²) >= 11 is 0. The van der Waals surface area contributed by atoms with Crippen LogP contribution in [0.5, 0.6) is 0 Å². The highest BCUT2D eigenvalue weighted by molar-refractivity contribution is 5.76. The SMILES string of the molecule is CCN(CC)C(=O)CC(C)NCCC(N)=O. The summed E-state index contributed by atoms with van der Waals surface area (Å²) in [5.41, 5.74) is 5.02. The predicted molar refractivity (Wildman–Crippen MR) is 63.8 cm³/mol. The van der Waals surface area contributed by atoms with Crippen molar-refractivity contribution in [2.24, 2.45) is 5.73 Å². The summed E-state index contributed by atoms with van der Waals surface area (Å²) in [6, 6.07) is 0.0763. The smallest absolute Gasteiger partial charge is 0.224 e. The number of amides is 2. The van der Waals surface area contributed by atoms with Crippen molar-refractivity contribution in [3.05, 3.63) is 0 Å². The van der Waals surface area contributed by atoms with Crippen molar-refractivity contribution in [3.63, 3.8) is 0 Å². The first kappa shape index (κ1) is 14.9. The zero-order chi connectivity index (χ0) is 12.6. The topological polar surface area (TPSA) is 75.4 Å². The number of rotatable bonds is 8. The van der Waals surface area contributed by atoms with Crippen molar-refractivity contribution in [1.29, 1.82) is 0 Å². The molecule has 5 nitrogen and oxygen atoms in total. The lowest BCUT2D eigenvalue weighted by Gasteiger charge is -2.21. The quantitative estimate of drug-likeness (QED) is 0.620. The number of carbonyl (C=O) groups excluding carboxylic acids is 2. The van der Waals surface area contributed by atoms with Gasteiger partial charge in [-0.3, -0.25) is 9.59 Å². The zero-order valence-electron chi connectivity index (χ0n) is 10.5. The van der Waals surface area contributed by atoms with Gasteiger partial charge in [0.15, 0.2) is 0 Å². The highest BCUT2D eigenvalue weighted by atomic mass is 16.2. The van der Waals surface area contributed by atoms with Crippen molar-refractivity contribution in [3.8, 4) is 0 Å². The molecule has 0 aromatic rings. The third-order valence-corrected chi connectivity index (χ3v) is 2.46. The van der Waals surface area contributed by atoms with E-state index in [0.29, 0.717) is 19.4 Å². The fourth-order valence-corrected chi connectivity index (χ4v) is 1.48. The largest absolute Gasteiger partial charge is 0.370 e. The van der Waals surface area contributed by atoms with Gasteiger partial charge in [0.25, 0.3) is 0 Å². The first-order chi connectivity index (χ1) is 7.51. The summed E-state index contributed by atoms with van der Waals surface area (Å²) in [4.78, 5) is 24.0. The molecule has 0 fully saturated rings. The molecule has 2 amide bonds. The van der Waals surface area contributed by atoms with Crippen molar-refractivity contribution in [2.45, 2.75) is 39.7 Å². The summed E-state index contributed by atoms with van der Waals surface area (Å²) in [5.74, 6) is -0.182. The third kappa shape index (κ3) is 6.40. The fraction of sp³-hybridized carbons (Fsp3) is 0.818. The van der Waals surface area contributed by atoms with E-state index >= 15 is 0 Å². The molecular weight excluding hydrogens is 206 g/mol. The van der Waals surface area contributed by atoms with Crippen LogP contribution in [0.1, 0.15) is 33.6 Å². The zero-order valence-corrected chi connectivity index (χ0v) is 10.5. The maximum Gasteiger partial charge on any atom is 0.224 e. The Morgan fingerprint density at radius 3 is 2.31 bits per heavy atom. The minimum Gasteiger partial charge on any atom is -0.370 e. The fourth-order valence-electron chi connectivity index (χ4n) is 1.48. The molecule has 0 rings (SSSR count). The Morgan fingerprint density at radius 2 is 1.88 bits per heavy atom. The minimum absolute atomic E-state index is 0.0763. The van der Waals surface area contributed by atoms with Gasteiger partial charge in [-0.05, 0) is 20.8 Å². The second kappa shape index (κ2) is 8.10. The van der Waals surface area contributed by atoms with Gasteiger partial charge in [0.2, 0.25) is 11.8 Å². The van der Waals surface area contributed by atoms with E-state index < -0.39 is 0 Å². The van der Waals surface area contributed by atoms with Crippen molar-refractivity contribution < 1.29 is 9.59 Å². The normalized spacial score (nSPS) is 12.2. The van der Waals surface area contributed by atoms with E-state index in [9.17, 15) is 9.59 Å². The minimum atomic E-state index is -0.324. The van der Waals surface area contributed by atoms with E-state index in [-0.39, 0.29) is 17.9 Å². The van der Waals surface area contributed by atoms with Gasteiger partial charge in [-0.15, -0.1) is 0 Å². The standard InChI is InChI=1S/C11H23N3O2/c1-4-14(5-2)11(16)8-9(3)13-7-6-10(12)15/h9,13H,4-8H2,1-3H3,(H2,12,15). The van der Waals surface area contributed by atoms with Crippen LogP contribution in [-0.2, 0) is 9.59 Å². The molecule has 1 atom stereocenters. The highest BCUT2D eigenvalue weighted by Gasteiger charge is 2.13. The molecule has 0 aromatic carbocycles. The number of hydrogen-bond acceptors (Lipinski definition) is 3. The van der Waals surface area contributed by atoms with Gasteiger partial charge < -0.3 is 16.0 Å². The molecule has 1 unspecified atom stereocenters. The Hall–Kier alpha value is -1.10. The number of hydrogen-bond donors (Lipinski definition) is 2. The van der Waals surface area contributed by atoms with E-state index in [0.717, 1.165) is 13.1 Å². The van der Waals surface area contributed by atoms with E-state index in [1.54, 1.807) is 4.90 Å². The Kier molecular flexibility index (Phi) is 7.54. The van der Waals surface area contributed by atoms with E-state index in [4.69, 9.17) is 5.73 Å². The van der Waals surface area contributed by atoms with E-state index in [2.05, 4.69) is 5.32 Å². The predicted octanol–water partition coefficient (Wildman–Crippen LogP) is 0.0984. The molecule has 94 valence electrons. The van der Waals surface area contributed by atoms with Crippen LogP contribution >= 0.6 is 0 Å². The van der Waals surface area contributed by atoms with Gasteiger partial charge in [-0.1, -0.05) is 0 Å². The molecule has 3 N–H and O–H groups in total. The Morgan fingerprint density at radius 1 is 1.31 bits per heavy atom. The van der Waals surface area contributed by atoms with Crippen LogP contribution in [0.15, 0.2) is 0 Å². The first-order valence-electron chi connectivity index (χ1n) is 5.80. The van der Waals surface area contributed by atoms with Crippen molar-refractivity contribution in [1.82, 2.24) is 10.2 Å². The summed E-state index contributed by atoms with van der Waals surface area (Å²) in [7, 11) is 0. The monoisotopic (exact) mass is 229 g/mol. The van der Waals surface area contributed by atoms with Gasteiger partial charge in [0.05, 0.1) is 0 Å². The van der Waals surface area contributed by atoms with Crippen molar-refractivity contribution >= 4 is 11.8 Å². The lowest BCUT2D eigenvalue weighted by molar-refractivity contribution is -0.131.